The molecule has 0 radical (unpaired) electrons. The third-order valence-electron chi connectivity index (χ3n) is 2.35. The van der Waals surface area contributed by atoms with Gasteiger partial charge < -0.3 is 0 Å². The fraction of sp³-hybridized carbons (Fsp3) is 0.308. The third kappa shape index (κ3) is 2.56. The summed E-state index contributed by atoms with van der Waals surface area (Å²) in [7, 11) is 0. The van der Waals surface area contributed by atoms with Crippen LogP contribution >= 0.6 is 0 Å². The Morgan fingerprint density at radius 1 is 1.21 bits per heavy atom. The standard InChI is InChI=1S/C13H16O/c1-9-7-10(2)12(4)13(8-9)6-5-11(3)14/h5-8H,1-4H3/b6-5-. The van der Waals surface area contributed by atoms with E-state index in [2.05, 4.69) is 32.9 Å². The molecule has 0 heterocycles. The van der Waals surface area contributed by atoms with Crippen LogP contribution in [0.5, 0.6) is 0 Å². The number of ketones is 1. The average Bonchev–Trinajstić information content (AvgIpc) is 2.08. The highest BCUT2D eigenvalue weighted by atomic mass is 16.1. The van der Waals surface area contributed by atoms with Gasteiger partial charge >= 0.3 is 0 Å². The Hall–Kier alpha value is -1.37. The highest BCUT2D eigenvalue weighted by molar-refractivity contribution is 5.91. The quantitative estimate of drug-likeness (QED) is 0.651. The second-order valence-corrected chi connectivity index (χ2v) is 3.74. The fourth-order valence-corrected chi connectivity index (χ4v) is 1.45. The Morgan fingerprint density at radius 2 is 1.86 bits per heavy atom. The normalized spacial score (nSPS) is 10.9. The molecule has 0 unspecified atom stereocenters. The monoisotopic (exact) mass is 188 g/mol. The van der Waals surface area contributed by atoms with Crippen LogP contribution < -0.4 is 0 Å². The Bertz CT molecular complexity index is 386. The zero-order valence-electron chi connectivity index (χ0n) is 9.22. The minimum atomic E-state index is 0.0866. The maximum absolute atomic E-state index is 10.8. The first kappa shape index (κ1) is 10.7. The lowest BCUT2D eigenvalue weighted by Gasteiger charge is -2.06. The molecular formula is C13H16O. The van der Waals surface area contributed by atoms with Gasteiger partial charge in [-0.3, -0.25) is 4.79 Å². The summed E-state index contributed by atoms with van der Waals surface area (Å²) in [5.41, 5.74) is 4.88. The third-order valence-corrected chi connectivity index (χ3v) is 2.35. The van der Waals surface area contributed by atoms with E-state index < -0.39 is 0 Å². The van der Waals surface area contributed by atoms with E-state index in [0.717, 1.165) is 5.56 Å². The van der Waals surface area contributed by atoms with E-state index in [1.54, 1.807) is 13.0 Å². The largest absolute Gasteiger partial charge is 0.295 e. The van der Waals surface area contributed by atoms with Gasteiger partial charge in [-0.2, -0.15) is 0 Å². The average molecular weight is 188 g/mol. The van der Waals surface area contributed by atoms with Gasteiger partial charge in [-0.25, -0.2) is 0 Å². The van der Waals surface area contributed by atoms with Crippen LogP contribution in [0.2, 0.25) is 0 Å². The summed E-state index contributed by atoms with van der Waals surface area (Å²) in [6.45, 7) is 7.80. The SMILES string of the molecule is CC(=O)/C=C\c1cc(C)cc(C)c1C. The van der Waals surface area contributed by atoms with Crippen molar-refractivity contribution in [3.8, 4) is 0 Å². The molecule has 0 saturated carbocycles. The lowest BCUT2D eigenvalue weighted by Crippen LogP contribution is -1.89. The van der Waals surface area contributed by atoms with E-state index >= 15 is 0 Å². The van der Waals surface area contributed by atoms with Crippen molar-refractivity contribution in [1.82, 2.24) is 0 Å². The maximum atomic E-state index is 10.8. The lowest BCUT2D eigenvalue weighted by atomic mass is 10.00. The van der Waals surface area contributed by atoms with Crippen molar-refractivity contribution in [3.63, 3.8) is 0 Å². The fourth-order valence-electron chi connectivity index (χ4n) is 1.45. The minimum absolute atomic E-state index is 0.0866. The molecule has 0 spiro atoms. The Labute approximate surface area is 85.5 Å². The minimum Gasteiger partial charge on any atom is -0.295 e. The van der Waals surface area contributed by atoms with Crippen LogP contribution in [-0.2, 0) is 4.79 Å². The van der Waals surface area contributed by atoms with Crippen molar-refractivity contribution in [2.75, 3.05) is 0 Å². The maximum Gasteiger partial charge on any atom is 0.152 e. The number of allylic oxidation sites excluding steroid dienone is 1. The van der Waals surface area contributed by atoms with Crippen molar-refractivity contribution in [2.45, 2.75) is 27.7 Å². The topological polar surface area (TPSA) is 17.1 Å². The molecule has 0 aliphatic rings. The van der Waals surface area contributed by atoms with Crippen LogP contribution in [0.15, 0.2) is 18.2 Å². The molecule has 0 amide bonds. The van der Waals surface area contributed by atoms with Crippen LogP contribution in [0.4, 0.5) is 0 Å². The number of hydrogen-bond donors (Lipinski definition) is 0. The van der Waals surface area contributed by atoms with Crippen molar-refractivity contribution in [1.29, 1.82) is 0 Å². The molecule has 0 N–H and O–H groups in total. The zero-order chi connectivity index (χ0) is 10.7. The molecule has 0 fully saturated rings. The van der Waals surface area contributed by atoms with Crippen LogP contribution in [0.25, 0.3) is 6.08 Å². The zero-order valence-corrected chi connectivity index (χ0v) is 9.22. The summed E-state index contributed by atoms with van der Waals surface area (Å²) < 4.78 is 0. The van der Waals surface area contributed by atoms with E-state index in [-0.39, 0.29) is 5.78 Å². The van der Waals surface area contributed by atoms with E-state index in [1.165, 1.54) is 16.7 Å². The molecule has 14 heavy (non-hydrogen) atoms. The Morgan fingerprint density at radius 3 is 2.43 bits per heavy atom. The van der Waals surface area contributed by atoms with Crippen LogP contribution in [0.3, 0.4) is 0 Å². The molecule has 1 aromatic carbocycles. The molecule has 0 aliphatic carbocycles. The number of hydrogen-bond acceptors (Lipinski definition) is 1. The molecule has 1 rings (SSSR count). The van der Waals surface area contributed by atoms with Gasteiger partial charge in [0.2, 0.25) is 0 Å². The van der Waals surface area contributed by atoms with Gasteiger partial charge in [0.05, 0.1) is 0 Å². The predicted octanol–water partition coefficient (Wildman–Crippen LogP) is 3.21. The molecule has 0 bridgehead atoms. The van der Waals surface area contributed by atoms with Gasteiger partial charge in [-0.05, 0) is 50.5 Å². The molecule has 0 aromatic heterocycles. The van der Waals surface area contributed by atoms with Crippen LogP contribution in [0, 0.1) is 20.8 Å². The first-order chi connectivity index (χ1) is 6.50. The van der Waals surface area contributed by atoms with E-state index in [9.17, 15) is 4.79 Å². The van der Waals surface area contributed by atoms with Crippen LogP contribution in [0.1, 0.15) is 29.2 Å². The molecule has 1 nitrogen and oxygen atoms in total. The van der Waals surface area contributed by atoms with Crippen LogP contribution in [-0.4, -0.2) is 5.78 Å². The Balaban J connectivity index is 3.14. The van der Waals surface area contributed by atoms with Gasteiger partial charge in [0, 0.05) is 0 Å². The number of carbonyl (C=O) groups is 1. The van der Waals surface area contributed by atoms with Crippen molar-refractivity contribution < 1.29 is 4.79 Å². The van der Waals surface area contributed by atoms with Gasteiger partial charge in [0.1, 0.15) is 0 Å². The molecular weight excluding hydrogens is 172 g/mol. The van der Waals surface area contributed by atoms with Crippen molar-refractivity contribution >= 4 is 11.9 Å². The molecule has 0 aliphatic heterocycles. The van der Waals surface area contributed by atoms with E-state index in [4.69, 9.17) is 0 Å². The molecule has 0 saturated heterocycles. The smallest absolute Gasteiger partial charge is 0.152 e. The summed E-state index contributed by atoms with van der Waals surface area (Å²) in [6, 6.07) is 4.25. The number of benzene rings is 1. The van der Waals surface area contributed by atoms with Crippen molar-refractivity contribution in [2.24, 2.45) is 0 Å². The predicted molar refractivity (Wildman–Crippen MR) is 60.4 cm³/mol. The van der Waals surface area contributed by atoms with Gasteiger partial charge in [0.25, 0.3) is 0 Å². The Kier molecular flexibility index (Phi) is 3.23. The molecule has 1 aromatic rings. The summed E-state index contributed by atoms with van der Waals surface area (Å²) >= 11 is 0. The summed E-state index contributed by atoms with van der Waals surface area (Å²) in [5, 5.41) is 0. The van der Waals surface area contributed by atoms with Gasteiger partial charge in [0.15, 0.2) is 5.78 Å². The van der Waals surface area contributed by atoms with E-state index in [1.807, 2.05) is 6.08 Å². The molecule has 0 atom stereocenters. The highest BCUT2D eigenvalue weighted by Gasteiger charge is 1.99. The lowest BCUT2D eigenvalue weighted by molar-refractivity contribution is -0.112. The molecule has 1 heteroatoms. The number of rotatable bonds is 2. The number of carbonyl (C=O) groups excluding carboxylic acids is 1. The second kappa shape index (κ2) is 4.23. The number of aryl methyl sites for hydroxylation is 2. The summed E-state index contributed by atoms with van der Waals surface area (Å²) in [4.78, 5) is 10.8. The summed E-state index contributed by atoms with van der Waals surface area (Å²) in [6.07, 6.45) is 3.50. The van der Waals surface area contributed by atoms with Crippen molar-refractivity contribution in [3.05, 3.63) is 40.5 Å². The second-order valence-electron chi connectivity index (χ2n) is 3.74. The highest BCUT2D eigenvalue weighted by Crippen LogP contribution is 2.17. The first-order valence-electron chi connectivity index (χ1n) is 4.77. The first-order valence-corrected chi connectivity index (χ1v) is 4.77. The summed E-state index contributed by atoms with van der Waals surface area (Å²) in [5.74, 6) is 0.0866. The van der Waals surface area contributed by atoms with Gasteiger partial charge in [-0.15, -0.1) is 0 Å². The molecule has 74 valence electrons. The van der Waals surface area contributed by atoms with E-state index in [0.29, 0.717) is 0 Å². The van der Waals surface area contributed by atoms with Gasteiger partial charge in [-0.1, -0.05) is 23.8 Å².